The van der Waals surface area contributed by atoms with Crippen LogP contribution in [0.25, 0.3) is 0 Å². The van der Waals surface area contributed by atoms with Gasteiger partial charge < -0.3 is 10.6 Å². The van der Waals surface area contributed by atoms with Crippen molar-refractivity contribution in [3.8, 4) is 0 Å². The molecule has 2 N–H and O–H groups in total. The number of benzene rings is 2. The van der Waals surface area contributed by atoms with E-state index in [9.17, 15) is 9.18 Å². The minimum Gasteiger partial charge on any atom is -0.381 e. The number of anilines is 2. The van der Waals surface area contributed by atoms with Crippen molar-refractivity contribution in [2.45, 2.75) is 11.4 Å². The highest BCUT2D eigenvalue weighted by Gasteiger charge is 2.15. The molecule has 0 spiro atoms. The van der Waals surface area contributed by atoms with E-state index >= 15 is 0 Å². The molecule has 1 aliphatic rings. The van der Waals surface area contributed by atoms with E-state index in [4.69, 9.17) is 11.6 Å². The fourth-order valence-corrected chi connectivity index (χ4v) is 3.06. The zero-order valence-corrected chi connectivity index (χ0v) is 12.5. The van der Waals surface area contributed by atoms with Gasteiger partial charge in [0.25, 0.3) is 0 Å². The third-order valence-corrected chi connectivity index (χ3v) is 4.49. The summed E-state index contributed by atoms with van der Waals surface area (Å²) in [7, 11) is 0. The van der Waals surface area contributed by atoms with Gasteiger partial charge in [0.05, 0.1) is 16.5 Å². The number of carbonyl (C=O) groups excluding carboxylic acids is 1. The number of rotatable bonds is 3. The van der Waals surface area contributed by atoms with Crippen LogP contribution in [0.5, 0.6) is 0 Å². The van der Waals surface area contributed by atoms with Gasteiger partial charge in [0, 0.05) is 22.7 Å². The molecule has 3 nitrogen and oxygen atoms in total. The Hall–Kier alpha value is -1.72. The number of nitrogens with one attached hydrogen (secondary N) is 2. The molecule has 1 amide bonds. The predicted molar refractivity (Wildman–Crippen MR) is 84.5 cm³/mol. The van der Waals surface area contributed by atoms with Crippen LogP contribution >= 0.6 is 23.4 Å². The molecular formula is C15H12ClFN2OS. The van der Waals surface area contributed by atoms with Crippen LogP contribution in [-0.2, 0) is 11.3 Å². The average molecular weight is 323 g/mol. The summed E-state index contributed by atoms with van der Waals surface area (Å²) in [5, 5.41) is 6.07. The fourth-order valence-electron chi connectivity index (χ4n) is 2.08. The first-order valence-electron chi connectivity index (χ1n) is 6.37. The van der Waals surface area contributed by atoms with E-state index in [1.54, 1.807) is 12.1 Å². The molecule has 0 aliphatic carbocycles. The Morgan fingerprint density at radius 3 is 3.05 bits per heavy atom. The largest absolute Gasteiger partial charge is 0.381 e. The number of carbonyl (C=O) groups is 1. The molecule has 3 rings (SSSR count). The van der Waals surface area contributed by atoms with Crippen LogP contribution in [0.2, 0.25) is 5.02 Å². The Morgan fingerprint density at radius 2 is 2.19 bits per heavy atom. The Kier molecular flexibility index (Phi) is 4.03. The highest BCUT2D eigenvalue weighted by Crippen LogP contribution is 2.33. The fraction of sp³-hybridized carbons (Fsp3) is 0.133. The molecule has 1 aliphatic heterocycles. The Bertz CT molecular complexity index is 708. The van der Waals surface area contributed by atoms with Crippen LogP contribution in [0, 0.1) is 5.82 Å². The zero-order valence-electron chi connectivity index (χ0n) is 11.0. The summed E-state index contributed by atoms with van der Waals surface area (Å²) < 4.78 is 13.8. The van der Waals surface area contributed by atoms with Crippen molar-refractivity contribution in [2.75, 3.05) is 16.4 Å². The molecule has 0 saturated heterocycles. The second-order valence-corrected chi connectivity index (χ2v) is 6.04. The van der Waals surface area contributed by atoms with Gasteiger partial charge in [-0.3, -0.25) is 4.79 Å². The lowest BCUT2D eigenvalue weighted by Crippen LogP contribution is -2.18. The normalized spacial score (nSPS) is 13.5. The van der Waals surface area contributed by atoms with E-state index in [-0.39, 0.29) is 10.9 Å². The van der Waals surface area contributed by atoms with E-state index in [1.807, 2.05) is 18.2 Å². The van der Waals surface area contributed by atoms with Gasteiger partial charge in [0.1, 0.15) is 5.82 Å². The summed E-state index contributed by atoms with van der Waals surface area (Å²) in [6.45, 7) is 0.326. The summed E-state index contributed by atoms with van der Waals surface area (Å²) >= 11 is 7.26. The van der Waals surface area contributed by atoms with Gasteiger partial charge in [-0.1, -0.05) is 23.7 Å². The molecule has 108 valence electrons. The quantitative estimate of drug-likeness (QED) is 0.892. The van der Waals surface area contributed by atoms with Gasteiger partial charge in [-0.15, -0.1) is 11.8 Å². The van der Waals surface area contributed by atoms with Crippen LogP contribution in [0.3, 0.4) is 0 Å². The third-order valence-electron chi connectivity index (χ3n) is 3.13. The summed E-state index contributed by atoms with van der Waals surface area (Å²) in [6.07, 6.45) is 0. The van der Waals surface area contributed by atoms with Crippen LogP contribution in [0.4, 0.5) is 15.8 Å². The molecule has 0 radical (unpaired) electrons. The maximum absolute atomic E-state index is 13.8. The first-order valence-corrected chi connectivity index (χ1v) is 7.73. The minimum absolute atomic E-state index is 0.00876. The number of thioether (sulfide) groups is 1. The van der Waals surface area contributed by atoms with Crippen LogP contribution in [0.15, 0.2) is 41.3 Å². The Morgan fingerprint density at radius 1 is 1.33 bits per heavy atom. The molecule has 2 aromatic carbocycles. The molecule has 6 heteroatoms. The average Bonchev–Trinajstić information content (AvgIpc) is 2.48. The second-order valence-electron chi connectivity index (χ2n) is 4.61. The summed E-state index contributed by atoms with van der Waals surface area (Å²) in [6, 6.07) is 10.6. The monoisotopic (exact) mass is 322 g/mol. The standard InChI is InChI=1S/C15H12ClFN2OS/c16-11-3-1-2-9(15(11)17)7-18-10-4-5-13-12(6-10)19-14(20)8-21-13/h1-6,18H,7-8H2,(H,19,20). The van der Waals surface area contributed by atoms with Gasteiger partial charge >= 0.3 is 0 Å². The number of hydrogen-bond donors (Lipinski definition) is 2. The first kappa shape index (κ1) is 14.2. The number of halogens is 2. The maximum atomic E-state index is 13.8. The van der Waals surface area contributed by atoms with Gasteiger partial charge in [0.2, 0.25) is 5.91 Å². The van der Waals surface area contributed by atoms with Crippen molar-refractivity contribution in [3.05, 3.63) is 52.8 Å². The lowest BCUT2D eigenvalue weighted by Gasteiger charge is -2.17. The smallest absolute Gasteiger partial charge is 0.234 e. The maximum Gasteiger partial charge on any atom is 0.234 e. The lowest BCUT2D eigenvalue weighted by atomic mass is 10.2. The molecule has 0 fully saturated rings. The molecule has 0 atom stereocenters. The van der Waals surface area contributed by atoms with Crippen molar-refractivity contribution in [3.63, 3.8) is 0 Å². The lowest BCUT2D eigenvalue weighted by molar-refractivity contribution is -0.113. The molecule has 0 unspecified atom stereocenters. The van der Waals surface area contributed by atoms with Crippen LogP contribution in [0.1, 0.15) is 5.56 Å². The molecule has 0 saturated carbocycles. The highest BCUT2D eigenvalue weighted by atomic mass is 35.5. The van der Waals surface area contributed by atoms with Crippen molar-refractivity contribution in [1.29, 1.82) is 0 Å². The summed E-state index contributed by atoms with van der Waals surface area (Å²) in [5.41, 5.74) is 2.10. The number of amides is 1. The van der Waals surface area contributed by atoms with E-state index in [1.165, 1.54) is 17.8 Å². The topological polar surface area (TPSA) is 41.1 Å². The van der Waals surface area contributed by atoms with Gasteiger partial charge in [-0.25, -0.2) is 4.39 Å². The van der Waals surface area contributed by atoms with Crippen molar-refractivity contribution in [2.24, 2.45) is 0 Å². The zero-order chi connectivity index (χ0) is 14.8. The second kappa shape index (κ2) is 5.95. The summed E-state index contributed by atoms with van der Waals surface area (Å²) in [5.74, 6) is 0.0204. The SMILES string of the molecule is O=C1CSc2ccc(NCc3cccc(Cl)c3F)cc2N1. The minimum atomic E-state index is -0.409. The summed E-state index contributed by atoms with van der Waals surface area (Å²) in [4.78, 5) is 12.4. The van der Waals surface area contributed by atoms with Crippen LogP contribution < -0.4 is 10.6 Å². The van der Waals surface area contributed by atoms with E-state index in [2.05, 4.69) is 10.6 Å². The van der Waals surface area contributed by atoms with Crippen molar-refractivity contribution in [1.82, 2.24) is 0 Å². The molecule has 0 aromatic heterocycles. The van der Waals surface area contributed by atoms with Crippen LogP contribution in [-0.4, -0.2) is 11.7 Å². The highest BCUT2D eigenvalue weighted by molar-refractivity contribution is 8.00. The van der Waals surface area contributed by atoms with Crippen molar-refractivity contribution >= 4 is 40.6 Å². The van der Waals surface area contributed by atoms with Gasteiger partial charge in [0.15, 0.2) is 0 Å². The number of fused-ring (bicyclic) bond motifs is 1. The van der Waals surface area contributed by atoms with E-state index < -0.39 is 5.82 Å². The third kappa shape index (κ3) is 3.14. The van der Waals surface area contributed by atoms with E-state index in [0.717, 1.165) is 16.3 Å². The molecular weight excluding hydrogens is 311 g/mol. The van der Waals surface area contributed by atoms with Gasteiger partial charge in [-0.05, 0) is 24.3 Å². The molecule has 1 heterocycles. The van der Waals surface area contributed by atoms with Crippen molar-refractivity contribution < 1.29 is 9.18 Å². The molecule has 21 heavy (non-hydrogen) atoms. The molecule has 0 bridgehead atoms. The van der Waals surface area contributed by atoms with E-state index in [0.29, 0.717) is 17.9 Å². The predicted octanol–water partition coefficient (Wildman–Crippen LogP) is 4.14. The number of hydrogen-bond acceptors (Lipinski definition) is 3. The Labute approximate surface area is 130 Å². The first-order chi connectivity index (χ1) is 10.1. The Balaban J connectivity index is 1.75. The molecule has 2 aromatic rings. The van der Waals surface area contributed by atoms with Gasteiger partial charge in [-0.2, -0.15) is 0 Å².